The van der Waals surface area contributed by atoms with Crippen LogP contribution in [0.2, 0.25) is 0 Å². The normalized spacial score (nSPS) is 16.4. The third-order valence-corrected chi connectivity index (χ3v) is 4.08. The van der Waals surface area contributed by atoms with Gasteiger partial charge in [0.05, 0.1) is 5.69 Å². The number of hydrogen-bond acceptors (Lipinski definition) is 5. The van der Waals surface area contributed by atoms with E-state index in [2.05, 4.69) is 5.32 Å². The molecular weight excluding hydrogens is 322 g/mol. The summed E-state index contributed by atoms with van der Waals surface area (Å²) >= 11 is 0. The number of rotatable bonds is 7. The highest BCUT2D eigenvalue weighted by Gasteiger charge is 2.29. The fourth-order valence-electron chi connectivity index (χ4n) is 2.56. The van der Waals surface area contributed by atoms with E-state index in [1.807, 2.05) is 19.0 Å². The van der Waals surface area contributed by atoms with Crippen LogP contribution in [0, 0.1) is 0 Å². The second-order valence-corrected chi connectivity index (χ2v) is 6.42. The van der Waals surface area contributed by atoms with Crippen LogP contribution in [-0.2, 0) is 9.59 Å². The lowest BCUT2D eigenvalue weighted by Crippen LogP contribution is -2.42. The number of Topliss-reactive ketones (excluding diaryl/α,β-unsaturated/α-hetero) is 1. The molecule has 136 valence electrons. The maximum absolute atomic E-state index is 12.3. The summed E-state index contributed by atoms with van der Waals surface area (Å²) in [4.78, 5) is 39.6. The van der Waals surface area contributed by atoms with Crippen molar-refractivity contribution in [2.45, 2.75) is 25.9 Å². The number of carbonyl (C=O) groups is 3. The van der Waals surface area contributed by atoms with Crippen LogP contribution < -0.4 is 15.0 Å². The molecule has 25 heavy (non-hydrogen) atoms. The van der Waals surface area contributed by atoms with Crippen LogP contribution in [0.15, 0.2) is 18.2 Å². The summed E-state index contributed by atoms with van der Waals surface area (Å²) in [6.45, 7) is 3.00. The molecule has 1 aliphatic rings. The number of likely N-dealkylation sites (N-methyl/N-ethyl adjacent to an activating group) is 2. The van der Waals surface area contributed by atoms with Gasteiger partial charge in [-0.3, -0.25) is 14.4 Å². The fraction of sp³-hybridized carbons (Fsp3) is 0.500. The molecule has 7 heteroatoms. The first-order valence-corrected chi connectivity index (χ1v) is 8.32. The lowest BCUT2D eigenvalue weighted by Gasteiger charge is -2.30. The largest absolute Gasteiger partial charge is 0.479 e. The Balaban J connectivity index is 1.95. The Kier molecular flexibility index (Phi) is 6.14. The van der Waals surface area contributed by atoms with Gasteiger partial charge in [-0.1, -0.05) is 0 Å². The first-order valence-electron chi connectivity index (χ1n) is 8.32. The van der Waals surface area contributed by atoms with Crippen molar-refractivity contribution in [3.63, 3.8) is 0 Å². The molecule has 1 unspecified atom stereocenters. The van der Waals surface area contributed by atoms with Crippen LogP contribution in [0.4, 0.5) is 5.69 Å². The van der Waals surface area contributed by atoms with Crippen LogP contribution in [0.3, 0.4) is 0 Å². The molecule has 1 N–H and O–H groups in total. The summed E-state index contributed by atoms with van der Waals surface area (Å²) in [5, 5.41) is 2.78. The lowest BCUT2D eigenvalue weighted by atomic mass is 10.0. The lowest BCUT2D eigenvalue weighted by molar-refractivity contribution is -0.125. The van der Waals surface area contributed by atoms with Crippen molar-refractivity contribution >= 4 is 23.3 Å². The zero-order chi connectivity index (χ0) is 18.6. The molecule has 2 amide bonds. The van der Waals surface area contributed by atoms with E-state index in [1.165, 1.54) is 4.90 Å². The summed E-state index contributed by atoms with van der Waals surface area (Å²) in [5.74, 6) is 0.146. The van der Waals surface area contributed by atoms with Gasteiger partial charge in [0.25, 0.3) is 5.91 Å². The average Bonchev–Trinajstić information content (AvgIpc) is 2.57. The minimum atomic E-state index is -0.537. The van der Waals surface area contributed by atoms with Crippen molar-refractivity contribution in [3.8, 4) is 5.75 Å². The van der Waals surface area contributed by atoms with Crippen LogP contribution in [0.5, 0.6) is 5.75 Å². The van der Waals surface area contributed by atoms with E-state index in [-0.39, 0.29) is 30.4 Å². The van der Waals surface area contributed by atoms with Gasteiger partial charge in [-0.15, -0.1) is 0 Å². The monoisotopic (exact) mass is 347 g/mol. The Morgan fingerprint density at radius 3 is 2.68 bits per heavy atom. The number of nitrogens with one attached hydrogen (secondary N) is 1. The van der Waals surface area contributed by atoms with Crippen LogP contribution in [0.25, 0.3) is 0 Å². The van der Waals surface area contributed by atoms with Gasteiger partial charge in [0, 0.05) is 38.5 Å². The van der Waals surface area contributed by atoms with Gasteiger partial charge in [0.1, 0.15) is 5.75 Å². The predicted molar refractivity (Wildman–Crippen MR) is 95.1 cm³/mol. The van der Waals surface area contributed by atoms with Gasteiger partial charge in [0.15, 0.2) is 11.9 Å². The Bertz CT molecular complexity index is 672. The summed E-state index contributed by atoms with van der Waals surface area (Å²) in [7, 11) is 5.52. The number of nitrogens with zero attached hydrogens (tertiary/aromatic N) is 2. The smallest absolute Gasteiger partial charge is 0.267 e. The molecule has 0 aromatic heterocycles. The third-order valence-electron chi connectivity index (χ3n) is 4.08. The van der Waals surface area contributed by atoms with E-state index in [0.717, 1.165) is 6.54 Å². The number of anilines is 1. The number of fused-ring (bicyclic) bond motifs is 1. The minimum Gasteiger partial charge on any atom is -0.479 e. The second kappa shape index (κ2) is 8.11. The SMILES string of the molecule is CC1Oc2ccc(C(=O)CCC(=O)NCCN(C)C)cc2N(C)C1=O. The maximum Gasteiger partial charge on any atom is 0.267 e. The number of amides is 2. The second-order valence-electron chi connectivity index (χ2n) is 6.42. The van der Waals surface area contributed by atoms with Gasteiger partial charge in [-0.25, -0.2) is 0 Å². The molecule has 0 bridgehead atoms. The molecule has 0 saturated carbocycles. The molecule has 1 aromatic rings. The topological polar surface area (TPSA) is 79.0 Å². The Hall–Kier alpha value is -2.41. The van der Waals surface area contributed by atoms with E-state index in [0.29, 0.717) is 23.5 Å². The molecule has 7 nitrogen and oxygen atoms in total. The summed E-state index contributed by atoms with van der Waals surface area (Å²) in [6, 6.07) is 5.01. The quantitative estimate of drug-likeness (QED) is 0.747. The minimum absolute atomic E-state index is 0.126. The van der Waals surface area contributed by atoms with Crippen molar-refractivity contribution in [2.24, 2.45) is 0 Å². The fourth-order valence-corrected chi connectivity index (χ4v) is 2.56. The molecule has 0 aliphatic carbocycles. The highest BCUT2D eigenvalue weighted by Crippen LogP contribution is 2.34. The first kappa shape index (κ1) is 18.9. The molecule has 1 heterocycles. The van der Waals surface area contributed by atoms with E-state index >= 15 is 0 Å². The van der Waals surface area contributed by atoms with E-state index in [4.69, 9.17) is 4.74 Å². The Morgan fingerprint density at radius 1 is 1.28 bits per heavy atom. The number of benzene rings is 1. The van der Waals surface area contributed by atoms with Gasteiger partial charge in [0.2, 0.25) is 5.91 Å². The van der Waals surface area contributed by atoms with Gasteiger partial charge < -0.3 is 19.9 Å². The van der Waals surface area contributed by atoms with Crippen molar-refractivity contribution in [1.29, 1.82) is 0 Å². The molecule has 0 saturated heterocycles. The Morgan fingerprint density at radius 2 is 2.00 bits per heavy atom. The molecular formula is C18H25N3O4. The zero-order valence-electron chi connectivity index (χ0n) is 15.2. The highest BCUT2D eigenvalue weighted by atomic mass is 16.5. The van der Waals surface area contributed by atoms with Crippen LogP contribution in [0.1, 0.15) is 30.1 Å². The summed E-state index contributed by atoms with van der Waals surface area (Å²) < 4.78 is 5.54. The molecule has 2 rings (SSSR count). The maximum atomic E-state index is 12.3. The van der Waals surface area contributed by atoms with Crippen LogP contribution in [-0.4, -0.2) is 62.8 Å². The molecule has 1 atom stereocenters. The number of ether oxygens (including phenoxy) is 1. The van der Waals surface area contributed by atoms with E-state index in [9.17, 15) is 14.4 Å². The molecule has 1 aliphatic heterocycles. The van der Waals surface area contributed by atoms with Gasteiger partial charge in [-0.2, -0.15) is 0 Å². The highest BCUT2D eigenvalue weighted by molar-refractivity contribution is 6.03. The van der Waals surface area contributed by atoms with E-state index < -0.39 is 6.10 Å². The number of carbonyl (C=O) groups excluding carboxylic acids is 3. The molecule has 0 radical (unpaired) electrons. The number of hydrogen-bond donors (Lipinski definition) is 1. The number of ketones is 1. The standard InChI is InChI=1S/C18H25N3O4/c1-12-18(24)21(4)14-11-13(5-7-16(14)25-12)15(22)6-8-17(23)19-9-10-20(2)3/h5,7,11-12H,6,8-10H2,1-4H3,(H,19,23). The molecule has 1 aromatic carbocycles. The predicted octanol–water partition coefficient (Wildman–Crippen LogP) is 1.07. The first-order chi connectivity index (χ1) is 11.8. The Labute approximate surface area is 147 Å². The molecule has 0 spiro atoms. The van der Waals surface area contributed by atoms with Crippen molar-refractivity contribution in [2.75, 3.05) is 39.1 Å². The van der Waals surface area contributed by atoms with E-state index in [1.54, 1.807) is 32.2 Å². The van der Waals surface area contributed by atoms with Gasteiger partial charge in [-0.05, 0) is 39.2 Å². The average molecular weight is 347 g/mol. The third kappa shape index (κ3) is 4.79. The molecule has 0 fully saturated rings. The van der Waals surface area contributed by atoms with Gasteiger partial charge >= 0.3 is 0 Å². The van der Waals surface area contributed by atoms with Crippen molar-refractivity contribution in [1.82, 2.24) is 10.2 Å². The van der Waals surface area contributed by atoms with Crippen LogP contribution >= 0.6 is 0 Å². The van der Waals surface area contributed by atoms with Crippen molar-refractivity contribution in [3.05, 3.63) is 23.8 Å². The zero-order valence-corrected chi connectivity index (χ0v) is 15.2. The summed E-state index contributed by atoms with van der Waals surface area (Å²) in [5.41, 5.74) is 1.04. The van der Waals surface area contributed by atoms with Crippen molar-refractivity contribution < 1.29 is 19.1 Å². The summed E-state index contributed by atoms with van der Waals surface area (Å²) in [6.07, 6.45) is -0.266.